The quantitative estimate of drug-likeness (QED) is 0.564. The molecule has 3 aromatic heterocycles. The van der Waals surface area contributed by atoms with E-state index < -0.39 is 0 Å². The van der Waals surface area contributed by atoms with E-state index in [9.17, 15) is 9.59 Å². The van der Waals surface area contributed by atoms with Gasteiger partial charge >= 0.3 is 5.69 Å². The molecule has 1 saturated carbocycles. The minimum Gasteiger partial charge on any atom is -0.317 e. The highest BCUT2D eigenvalue weighted by atomic mass is 32.2. The fraction of sp³-hybridized carbons (Fsp3) is 0.550. The number of hydrogen-bond acceptors (Lipinski definition) is 7. The van der Waals surface area contributed by atoms with E-state index in [4.69, 9.17) is 0 Å². The number of nitrogens with one attached hydrogen (secondary N) is 2. The van der Waals surface area contributed by atoms with Gasteiger partial charge in [0.25, 0.3) is 5.56 Å². The summed E-state index contributed by atoms with van der Waals surface area (Å²) in [5.74, 6) is 0. The second kappa shape index (κ2) is 7.67. The molecular formula is C20H26N6O2S2. The third-order valence-electron chi connectivity index (χ3n) is 5.99. The minimum atomic E-state index is -0.219. The number of aryl methyl sites for hydroxylation is 1. The summed E-state index contributed by atoms with van der Waals surface area (Å²) in [4.78, 5) is 27.6. The van der Waals surface area contributed by atoms with E-state index >= 15 is 0 Å². The molecule has 160 valence electrons. The minimum absolute atomic E-state index is 0.104. The highest BCUT2D eigenvalue weighted by molar-refractivity contribution is 7.99. The van der Waals surface area contributed by atoms with Crippen LogP contribution in [0, 0.1) is 0 Å². The van der Waals surface area contributed by atoms with Gasteiger partial charge in [-0.25, -0.2) is 4.79 Å². The van der Waals surface area contributed by atoms with Crippen LogP contribution in [0.1, 0.15) is 44.2 Å². The number of nitrogens with zero attached hydrogens (tertiary/aromatic N) is 4. The van der Waals surface area contributed by atoms with Crippen molar-refractivity contribution in [1.82, 2.24) is 29.0 Å². The van der Waals surface area contributed by atoms with Gasteiger partial charge in [0, 0.05) is 30.4 Å². The van der Waals surface area contributed by atoms with Gasteiger partial charge < -0.3 is 5.32 Å². The summed E-state index contributed by atoms with van der Waals surface area (Å²) < 4.78 is 9.47. The molecule has 0 unspecified atom stereocenters. The SMILES string of the molecule is Cn1cc(Cn2c(=O)c3cc(SNC4(C)CC4)sc3n(C3CCNCC3)c2=O)cn1. The van der Waals surface area contributed by atoms with Crippen molar-refractivity contribution in [3.63, 3.8) is 0 Å². The first-order valence-electron chi connectivity index (χ1n) is 10.3. The molecule has 3 aromatic rings. The molecule has 2 aliphatic rings. The van der Waals surface area contributed by atoms with E-state index in [2.05, 4.69) is 22.1 Å². The molecule has 0 radical (unpaired) electrons. The first-order chi connectivity index (χ1) is 14.4. The third-order valence-corrected chi connectivity index (χ3v) is 8.33. The Kier molecular flexibility index (Phi) is 5.12. The highest BCUT2D eigenvalue weighted by Crippen LogP contribution is 2.39. The van der Waals surface area contributed by atoms with Crippen molar-refractivity contribution in [1.29, 1.82) is 0 Å². The summed E-state index contributed by atoms with van der Waals surface area (Å²) in [5.41, 5.74) is 0.602. The van der Waals surface area contributed by atoms with Gasteiger partial charge in [0.2, 0.25) is 0 Å². The molecule has 0 amide bonds. The average Bonchev–Trinajstić information content (AvgIpc) is 3.11. The van der Waals surface area contributed by atoms with E-state index in [-0.39, 0.29) is 29.4 Å². The molecule has 8 nitrogen and oxygen atoms in total. The maximum absolute atomic E-state index is 13.5. The van der Waals surface area contributed by atoms with Gasteiger partial charge in [-0.2, -0.15) is 5.10 Å². The van der Waals surface area contributed by atoms with Crippen molar-refractivity contribution in [2.24, 2.45) is 7.05 Å². The van der Waals surface area contributed by atoms with Crippen LogP contribution in [-0.2, 0) is 13.6 Å². The van der Waals surface area contributed by atoms with E-state index in [1.54, 1.807) is 34.2 Å². The molecule has 5 rings (SSSR count). The van der Waals surface area contributed by atoms with Crippen molar-refractivity contribution in [2.45, 2.75) is 54.9 Å². The van der Waals surface area contributed by atoms with Crippen molar-refractivity contribution in [3.05, 3.63) is 44.9 Å². The van der Waals surface area contributed by atoms with E-state index in [0.29, 0.717) is 5.39 Å². The molecule has 0 spiro atoms. The number of hydrogen-bond donors (Lipinski definition) is 2. The Hall–Kier alpha value is -1.88. The zero-order chi connectivity index (χ0) is 20.9. The summed E-state index contributed by atoms with van der Waals surface area (Å²) in [5, 5.41) is 8.17. The van der Waals surface area contributed by atoms with E-state index in [1.165, 1.54) is 17.4 Å². The third kappa shape index (κ3) is 3.77. The Morgan fingerprint density at radius 2 is 2.10 bits per heavy atom. The molecule has 0 bridgehead atoms. The fourth-order valence-electron chi connectivity index (χ4n) is 3.92. The zero-order valence-electron chi connectivity index (χ0n) is 17.2. The van der Waals surface area contributed by atoms with Crippen LogP contribution >= 0.6 is 23.3 Å². The molecule has 1 aliphatic heterocycles. The van der Waals surface area contributed by atoms with Gasteiger partial charge in [-0.1, -0.05) is 0 Å². The van der Waals surface area contributed by atoms with Crippen LogP contribution in [0.15, 0.2) is 32.3 Å². The molecule has 10 heteroatoms. The van der Waals surface area contributed by atoms with Gasteiger partial charge in [0.15, 0.2) is 0 Å². The molecular weight excluding hydrogens is 420 g/mol. The lowest BCUT2D eigenvalue weighted by Gasteiger charge is -2.25. The molecule has 2 N–H and O–H groups in total. The number of rotatable bonds is 6. The predicted molar refractivity (Wildman–Crippen MR) is 120 cm³/mol. The van der Waals surface area contributed by atoms with Crippen LogP contribution < -0.4 is 21.3 Å². The molecule has 30 heavy (non-hydrogen) atoms. The Morgan fingerprint density at radius 3 is 2.77 bits per heavy atom. The first kappa shape index (κ1) is 20.0. The predicted octanol–water partition coefficient (Wildman–Crippen LogP) is 2.08. The first-order valence-corrected chi connectivity index (χ1v) is 12.0. The van der Waals surface area contributed by atoms with Crippen LogP contribution in [0.3, 0.4) is 0 Å². The average molecular weight is 447 g/mol. The largest absolute Gasteiger partial charge is 0.332 e. The molecule has 4 heterocycles. The second-order valence-electron chi connectivity index (χ2n) is 8.60. The summed E-state index contributed by atoms with van der Waals surface area (Å²) >= 11 is 3.12. The standard InChI is InChI=1S/C20H26N6O2S2/c1-20(5-6-20)23-30-16-9-15-17(27)25(12-13-10-22-24(2)11-13)19(28)26(18(15)29-16)14-3-7-21-8-4-14/h9-11,14,21,23H,3-8,12H2,1-2H3. The number of fused-ring (bicyclic) bond motifs is 1. The monoisotopic (exact) mass is 446 g/mol. The maximum atomic E-state index is 13.5. The second-order valence-corrected chi connectivity index (χ2v) is 10.7. The Balaban J connectivity index is 1.61. The van der Waals surface area contributed by atoms with Crippen LogP contribution in [0.25, 0.3) is 10.2 Å². The van der Waals surface area contributed by atoms with Crippen molar-refractivity contribution >= 4 is 33.5 Å². The molecule has 1 aliphatic carbocycles. The molecule has 1 saturated heterocycles. The summed E-state index contributed by atoms with van der Waals surface area (Å²) in [7, 11) is 1.83. The Labute approximate surface area is 182 Å². The van der Waals surface area contributed by atoms with Crippen LogP contribution in [0.2, 0.25) is 0 Å². The van der Waals surface area contributed by atoms with Gasteiger partial charge in [0.1, 0.15) is 4.83 Å². The van der Waals surface area contributed by atoms with Gasteiger partial charge in [-0.15, -0.1) is 11.3 Å². The highest BCUT2D eigenvalue weighted by Gasteiger charge is 2.37. The summed E-state index contributed by atoms with van der Waals surface area (Å²) in [6.07, 6.45) is 7.67. The molecule has 0 atom stereocenters. The zero-order valence-corrected chi connectivity index (χ0v) is 18.8. The number of thiophene rings is 1. The lowest BCUT2D eigenvalue weighted by Crippen LogP contribution is -2.43. The summed E-state index contributed by atoms with van der Waals surface area (Å²) in [6.45, 7) is 4.21. The topological polar surface area (TPSA) is 85.9 Å². The number of aromatic nitrogens is 4. The maximum Gasteiger partial charge on any atom is 0.332 e. The van der Waals surface area contributed by atoms with Crippen molar-refractivity contribution < 1.29 is 0 Å². The van der Waals surface area contributed by atoms with Crippen molar-refractivity contribution in [3.8, 4) is 0 Å². The molecule has 0 aromatic carbocycles. The van der Waals surface area contributed by atoms with Crippen LogP contribution in [-0.4, -0.2) is 37.5 Å². The normalized spacial score (nSPS) is 18.9. The van der Waals surface area contributed by atoms with Crippen LogP contribution in [0.5, 0.6) is 0 Å². The Bertz CT molecular complexity index is 1200. The Morgan fingerprint density at radius 1 is 1.33 bits per heavy atom. The smallest absolute Gasteiger partial charge is 0.317 e. The van der Waals surface area contributed by atoms with Gasteiger partial charge in [-0.3, -0.25) is 23.3 Å². The van der Waals surface area contributed by atoms with Gasteiger partial charge in [0.05, 0.1) is 22.3 Å². The lowest BCUT2D eigenvalue weighted by atomic mass is 10.1. The van der Waals surface area contributed by atoms with E-state index in [0.717, 1.165) is 40.5 Å². The number of piperidine rings is 1. The lowest BCUT2D eigenvalue weighted by molar-refractivity contribution is 0.360. The van der Waals surface area contributed by atoms with Crippen LogP contribution in [0.4, 0.5) is 0 Å². The summed E-state index contributed by atoms with van der Waals surface area (Å²) in [6, 6.07) is 2.05. The van der Waals surface area contributed by atoms with Gasteiger partial charge in [-0.05, 0) is 63.7 Å². The van der Waals surface area contributed by atoms with E-state index in [1.807, 2.05) is 23.9 Å². The molecule has 2 fully saturated rings. The van der Waals surface area contributed by atoms with Crippen molar-refractivity contribution in [2.75, 3.05) is 13.1 Å². The fourth-order valence-corrected chi connectivity index (χ4v) is 6.12.